The van der Waals surface area contributed by atoms with Gasteiger partial charge in [0.05, 0.1) is 5.02 Å². The molecule has 2 N–H and O–H groups in total. The van der Waals surface area contributed by atoms with E-state index in [1.54, 1.807) is 12.3 Å². The number of rotatable bonds is 8. The number of aryl methyl sites for hydroxylation is 1. The normalized spacial score (nSPS) is 12.2. The van der Waals surface area contributed by atoms with Gasteiger partial charge in [0.1, 0.15) is 5.69 Å². The minimum Gasteiger partial charge on any atom is -0.481 e. The van der Waals surface area contributed by atoms with E-state index < -0.39 is 5.97 Å². The van der Waals surface area contributed by atoms with Gasteiger partial charge >= 0.3 is 5.97 Å². The minimum absolute atomic E-state index is 0.120. The standard InChI is InChI=1S/C14H21ClN2O3/c1-3-6-17-9-11(15)7-12(17)14(20)16-8-10(2)4-5-13(18)19/h7,9-10H,3-6,8H2,1-2H3,(H,16,20)(H,18,19). The molecule has 112 valence electrons. The van der Waals surface area contributed by atoms with Crippen molar-refractivity contribution in [2.75, 3.05) is 6.54 Å². The quantitative estimate of drug-likeness (QED) is 0.775. The number of halogens is 1. The van der Waals surface area contributed by atoms with Crippen molar-refractivity contribution in [1.82, 2.24) is 9.88 Å². The fourth-order valence-corrected chi connectivity index (χ4v) is 2.14. The predicted octanol–water partition coefficient (Wildman–Crippen LogP) is 2.78. The molecule has 0 aliphatic carbocycles. The maximum absolute atomic E-state index is 12.1. The zero-order valence-electron chi connectivity index (χ0n) is 11.9. The van der Waals surface area contributed by atoms with E-state index in [2.05, 4.69) is 5.32 Å². The summed E-state index contributed by atoms with van der Waals surface area (Å²) >= 11 is 5.93. The first-order valence-corrected chi connectivity index (χ1v) is 7.17. The van der Waals surface area contributed by atoms with Gasteiger partial charge in [-0.05, 0) is 24.8 Å². The van der Waals surface area contributed by atoms with Crippen molar-refractivity contribution in [2.24, 2.45) is 5.92 Å². The van der Waals surface area contributed by atoms with Gasteiger partial charge < -0.3 is 15.0 Å². The molecule has 1 rings (SSSR count). The monoisotopic (exact) mass is 300 g/mol. The predicted molar refractivity (Wildman–Crippen MR) is 78.1 cm³/mol. The van der Waals surface area contributed by atoms with Gasteiger partial charge in [-0.2, -0.15) is 0 Å². The van der Waals surface area contributed by atoms with Crippen molar-refractivity contribution in [2.45, 2.75) is 39.7 Å². The molecule has 1 heterocycles. The number of carbonyl (C=O) groups is 2. The Morgan fingerprint density at radius 2 is 2.20 bits per heavy atom. The Labute approximate surface area is 123 Å². The molecule has 0 bridgehead atoms. The van der Waals surface area contributed by atoms with Crippen molar-refractivity contribution in [1.29, 1.82) is 0 Å². The molecule has 1 amide bonds. The summed E-state index contributed by atoms with van der Waals surface area (Å²) in [5.74, 6) is -0.862. The van der Waals surface area contributed by atoms with Crippen molar-refractivity contribution in [3.05, 3.63) is 23.0 Å². The van der Waals surface area contributed by atoms with Crippen LogP contribution in [0.2, 0.25) is 5.02 Å². The van der Waals surface area contributed by atoms with Crippen molar-refractivity contribution in [3.8, 4) is 0 Å². The van der Waals surface area contributed by atoms with E-state index in [4.69, 9.17) is 16.7 Å². The maximum atomic E-state index is 12.1. The Balaban J connectivity index is 2.52. The SMILES string of the molecule is CCCn1cc(Cl)cc1C(=O)NCC(C)CCC(=O)O. The van der Waals surface area contributed by atoms with Crippen LogP contribution >= 0.6 is 11.6 Å². The third-order valence-electron chi connectivity index (χ3n) is 3.02. The molecular weight excluding hydrogens is 280 g/mol. The number of hydrogen-bond acceptors (Lipinski definition) is 2. The molecule has 0 aromatic carbocycles. The number of hydrogen-bond donors (Lipinski definition) is 2. The van der Waals surface area contributed by atoms with E-state index >= 15 is 0 Å². The van der Waals surface area contributed by atoms with Gasteiger partial charge in [0.15, 0.2) is 0 Å². The van der Waals surface area contributed by atoms with Crippen LogP contribution < -0.4 is 5.32 Å². The number of carboxylic acids is 1. The average Bonchev–Trinajstić information content (AvgIpc) is 2.75. The summed E-state index contributed by atoms with van der Waals surface area (Å²) in [7, 11) is 0. The Hall–Kier alpha value is -1.49. The third kappa shape index (κ3) is 5.25. The van der Waals surface area contributed by atoms with Crippen LogP contribution in [-0.4, -0.2) is 28.1 Å². The molecule has 6 heteroatoms. The number of aliphatic carboxylic acids is 1. The first kappa shape index (κ1) is 16.6. The second-order valence-corrected chi connectivity index (χ2v) is 5.42. The maximum Gasteiger partial charge on any atom is 0.303 e. The summed E-state index contributed by atoms with van der Waals surface area (Å²) in [5.41, 5.74) is 0.544. The molecule has 0 spiro atoms. The van der Waals surface area contributed by atoms with Crippen molar-refractivity contribution >= 4 is 23.5 Å². The summed E-state index contributed by atoms with van der Waals surface area (Å²) in [6, 6.07) is 1.65. The average molecular weight is 301 g/mol. The van der Waals surface area contributed by atoms with Crippen LogP contribution in [0.25, 0.3) is 0 Å². The van der Waals surface area contributed by atoms with Crippen molar-refractivity contribution in [3.63, 3.8) is 0 Å². The molecule has 0 radical (unpaired) electrons. The van der Waals surface area contributed by atoms with Crippen LogP contribution in [-0.2, 0) is 11.3 Å². The van der Waals surface area contributed by atoms with Gasteiger partial charge in [0.2, 0.25) is 0 Å². The minimum atomic E-state index is -0.813. The number of nitrogens with zero attached hydrogens (tertiary/aromatic N) is 1. The van der Waals surface area contributed by atoms with Gasteiger partial charge in [-0.15, -0.1) is 0 Å². The molecule has 0 fully saturated rings. The van der Waals surface area contributed by atoms with E-state index in [1.807, 2.05) is 18.4 Å². The highest BCUT2D eigenvalue weighted by Crippen LogP contribution is 2.15. The summed E-state index contributed by atoms with van der Waals surface area (Å²) in [5, 5.41) is 12.0. The molecule has 0 aliphatic heterocycles. The topological polar surface area (TPSA) is 71.3 Å². The molecule has 1 atom stereocenters. The van der Waals surface area contributed by atoms with Crippen LogP contribution in [0, 0.1) is 5.92 Å². The van der Waals surface area contributed by atoms with Gasteiger partial charge in [-0.3, -0.25) is 9.59 Å². The number of carboxylic acid groups (broad SMARTS) is 1. The van der Waals surface area contributed by atoms with Gasteiger partial charge in [-0.25, -0.2) is 0 Å². The smallest absolute Gasteiger partial charge is 0.303 e. The molecule has 5 nitrogen and oxygen atoms in total. The molecule has 20 heavy (non-hydrogen) atoms. The Bertz CT molecular complexity index is 471. The zero-order chi connectivity index (χ0) is 15.1. The number of amides is 1. The fraction of sp³-hybridized carbons (Fsp3) is 0.571. The molecular formula is C14H21ClN2O3. The summed E-state index contributed by atoms with van der Waals surface area (Å²) in [6.45, 7) is 5.15. The zero-order valence-corrected chi connectivity index (χ0v) is 12.6. The molecule has 1 unspecified atom stereocenters. The largest absolute Gasteiger partial charge is 0.481 e. The van der Waals surface area contributed by atoms with Crippen LogP contribution in [0.15, 0.2) is 12.3 Å². The fourth-order valence-electron chi connectivity index (χ4n) is 1.92. The van der Waals surface area contributed by atoms with E-state index in [0.29, 0.717) is 23.7 Å². The van der Waals surface area contributed by atoms with Gasteiger partial charge in [0, 0.05) is 25.7 Å². The highest BCUT2D eigenvalue weighted by Gasteiger charge is 2.14. The second-order valence-electron chi connectivity index (χ2n) is 4.98. The van der Waals surface area contributed by atoms with E-state index in [0.717, 1.165) is 13.0 Å². The second kappa shape index (κ2) is 7.94. The van der Waals surface area contributed by atoms with Crippen LogP contribution in [0.5, 0.6) is 0 Å². The van der Waals surface area contributed by atoms with Gasteiger partial charge in [-0.1, -0.05) is 25.4 Å². The number of carbonyl (C=O) groups excluding carboxylic acids is 1. The lowest BCUT2D eigenvalue weighted by atomic mass is 10.1. The molecule has 0 saturated heterocycles. The van der Waals surface area contributed by atoms with Crippen LogP contribution in [0.3, 0.4) is 0 Å². The lowest BCUT2D eigenvalue weighted by Crippen LogP contribution is -2.30. The Morgan fingerprint density at radius 3 is 2.80 bits per heavy atom. The van der Waals surface area contributed by atoms with E-state index in [9.17, 15) is 9.59 Å². The summed E-state index contributed by atoms with van der Waals surface area (Å²) in [4.78, 5) is 22.6. The molecule has 1 aromatic heterocycles. The van der Waals surface area contributed by atoms with E-state index in [-0.39, 0.29) is 18.2 Å². The Morgan fingerprint density at radius 1 is 1.50 bits per heavy atom. The highest BCUT2D eigenvalue weighted by atomic mass is 35.5. The molecule has 1 aromatic rings. The highest BCUT2D eigenvalue weighted by molar-refractivity contribution is 6.31. The first-order valence-electron chi connectivity index (χ1n) is 6.79. The van der Waals surface area contributed by atoms with Crippen LogP contribution in [0.1, 0.15) is 43.6 Å². The Kier molecular flexibility index (Phi) is 6.58. The van der Waals surface area contributed by atoms with Gasteiger partial charge in [0.25, 0.3) is 5.91 Å². The number of nitrogens with one attached hydrogen (secondary N) is 1. The van der Waals surface area contributed by atoms with Crippen LogP contribution in [0.4, 0.5) is 0 Å². The lowest BCUT2D eigenvalue weighted by Gasteiger charge is -2.12. The van der Waals surface area contributed by atoms with Crippen molar-refractivity contribution < 1.29 is 14.7 Å². The van der Waals surface area contributed by atoms with E-state index in [1.165, 1.54) is 0 Å². The summed E-state index contributed by atoms with van der Waals surface area (Å²) in [6.07, 6.45) is 3.33. The number of aromatic nitrogens is 1. The molecule has 0 saturated carbocycles. The summed E-state index contributed by atoms with van der Waals surface area (Å²) < 4.78 is 1.83. The molecule has 0 aliphatic rings. The third-order valence-corrected chi connectivity index (χ3v) is 3.23. The first-order chi connectivity index (χ1) is 9.43. The lowest BCUT2D eigenvalue weighted by molar-refractivity contribution is -0.137.